The molecule has 0 saturated heterocycles. The van der Waals surface area contributed by atoms with Gasteiger partial charge in [-0.05, 0) is 0 Å². The molecule has 0 rings (SSSR count). The van der Waals surface area contributed by atoms with Gasteiger partial charge in [0.2, 0.25) is 0 Å². The predicted octanol–water partition coefficient (Wildman–Crippen LogP) is -0.623. The van der Waals surface area contributed by atoms with Crippen molar-refractivity contribution in [2.24, 2.45) is 0 Å². The van der Waals surface area contributed by atoms with Gasteiger partial charge < -0.3 is 0 Å². The fourth-order valence-corrected chi connectivity index (χ4v) is 0. The van der Waals surface area contributed by atoms with Gasteiger partial charge in [-0.2, -0.15) is 0 Å². The average molecular weight is 352 g/mol. The molecule has 0 unspecified atom stereocenters. The van der Waals surface area contributed by atoms with Crippen LogP contribution in [-0.2, 0) is 52.4 Å². The Morgan fingerprint density at radius 1 is 1.20 bits per heavy atom. The normalized spacial score (nSPS) is 1.60. The van der Waals surface area contributed by atoms with E-state index in [2.05, 4.69) is 0 Å². The third-order valence-electron chi connectivity index (χ3n) is 0. The van der Waals surface area contributed by atoms with Gasteiger partial charge in [-0.1, -0.05) is 0 Å². The van der Waals surface area contributed by atoms with Crippen molar-refractivity contribution in [1.29, 1.82) is 0 Å². The summed E-state index contributed by atoms with van der Waals surface area (Å²) >= 11 is 0. The molecule has 0 aromatic rings. The van der Waals surface area contributed by atoms with Crippen LogP contribution in [0.2, 0.25) is 0 Å². The molecule has 0 aliphatic carbocycles. The van der Waals surface area contributed by atoms with Crippen LogP contribution in [-0.4, -0.2) is 9.29 Å². The maximum absolute atomic E-state index is 8.40. The molecule has 5 heavy (non-hydrogen) atoms. The standard InChI is InChI=1S/Ag.O2Si.W/c;1-3-2;. The van der Waals surface area contributed by atoms with Crippen molar-refractivity contribution >= 4 is 9.29 Å². The Labute approximate surface area is 61.4 Å². The number of hydrogen-bond donors (Lipinski definition) is 0. The van der Waals surface area contributed by atoms with Crippen molar-refractivity contribution in [3.8, 4) is 0 Å². The summed E-state index contributed by atoms with van der Waals surface area (Å²) in [7, 11) is -1.42. The Kier molecular flexibility index (Phi) is 61.2. The summed E-state index contributed by atoms with van der Waals surface area (Å²) in [5.74, 6) is 0. The fraction of sp³-hybridized carbons (Fsp3) is 0. The SMILES string of the molecule is O=[Si]=O.[Ag].[W]. The molecule has 0 aromatic carbocycles. The Morgan fingerprint density at radius 3 is 1.20 bits per heavy atom. The fourth-order valence-electron chi connectivity index (χ4n) is 0. The van der Waals surface area contributed by atoms with E-state index in [9.17, 15) is 0 Å². The summed E-state index contributed by atoms with van der Waals surface area (Å²) in [4.78, 5) is 0. The molecule has 0 bridgehead atoms. The van der Waals surface area contributed by atoms with Crippen LogP contribution in [0, 0.1) is 0 Å². The van der Waals surface area contributed by atoms with Gasteiger partial charge in [0.1, 0.15) is 0 Å². The van der Waals surface area contributed by atoms with Crippen LogP contribution in [0.3, 0.4) is 0 Å². The van der Waals surface area contributed by atoms with Gasteiger partial charge in [-0.25, -0.2) is 0 Å². The number of hydrogen-bond acceptors (Lipinski definition) is 2. The molecule has 0 aromatic heterocycles. The third-order valence-corrected chi connectivity index (χ3v) is 0. The van der Waals surface area contributed by atoms with Crippen molar-refractivity contribution in [2.45, 2.75) is 0 Å². The summed E-state index contributed by atoms with van der Waals surface area (Å²) in [6, 6.07) is 0. The zero-order valence-corrected chi connectivity index (χ0v) is 7.44. The van der Waals surface area contributed by atoms with E-state index in [1.54, 1.807) is 0 Å². The minimum Gasteiger partial charge on any atom is -0.274 e. The number of rotatable bonds is 0. The molecular weight excluding hydrogens is 352 g/mol. The Balaban J connectivity index is -0.0000000200. The van der Waals surface area contributed by atoms with Crippen LogP contribution >= 0.6 is 0 Å². The molecule has 0 aliphatic heterocycles. The molecule has 0 spiro atoms. The minimum absolute atomic E-state index is 0. The van der Waals surface area contributed by atoms with E-state index in [4.69, 9.17) is 8.92 Å². The molecule has 33 valence electrons. The third kappa shape index (κ3) is 35.6. The van der Waals surface area contributed by atoms with Gasteiger partial charge in [0.05, 0.1) is 0 Å². The zero-order valence-electron chi connectivity index (χ0n) is 2.03. The Bertz CT molecular complexity index is 30.6. The monoisotopic (exact) mass is 351 g/mol. The van der Waals surface area contributed by atoms with E-state index in [-0.39, 0.29) is 43.4 Å². The van der Waals surface area contributed by atoms with Gasteiger partial charge >= 0.3 is 9.29 Å². The Hall–Kier alpha value is 1.25. The molecule has 2 nitrogen and oxygen atoms in total. The maximum atomic E-state index is 8.40. The molecule has 0 saturated carbocycles. The summed E-state index contributed by atoms with van der Waals surface area (Å²) < 4.78 is 16.8. The van der Waals surface area contributed by atoms with E-state index in [0.717, 1.165) is 0 Å². The molecule has 5 heteroatoms. The van der Waals surface area contributed by atoms with Crippen molar-refractivity contribution in [3.63, 3.8) is 0 Å². The van der Waals surface area contributed by atoms with Crippen LogP contribution in [0.1, 0.15) is 0 Å². The van der Waals surface area contributed by atoms with Crippen molar-refractivity contribution in [1.82, 2.24) is 0 Å². The topological polar surface area (TPSA) is 34.1 Å². The maximum Gasteiger partial charge on any atom is 0.549 e. The van der Waals surface area contributed by atoms with Crippen LogP contribution < -0.4 is 0 Å². The van der Waals surface area contributed by atoms with Crippen molar-refractivity contribution in [3.05, 3.63) is 0 Å². The molecule has 0 aliphatic rings. The summed E-state index contributed by atoms with van der Waals surface area (Å²) in [6.45, 7) is 0. The molecule has 0 fully saturated rings. The molecule has 0 atom stereocenters. The van der Waals surface area contributed by atoms with E-state index < -0.39 is 9.29 Å². The first-order valence-corrected chi connectivity index (χ1v) is 1.22. The van der Waals surface area contributed by atoms with Gasteiger partial charge in [-0.15, -0.1) is 0 Å². The largest absolute Gasteiger partial charge is 0.549 e. The second-order valence-corrected chi connectivity index (χ2v) is 0.250. The van der Waals surface area contributed by atoms with Crippen LogP contribution in [0.4, 0.5) is 0 Å². The minimum atomic E-state index is -1.42. The van der Waals surface area contributed by atoms with E-state index in [0.29, 0.717) is 0 Å². The van der Waals surface area contributed by atoms with Crippen molar-refractivity contribution in [2.75, 3.05) is 0 Å². The van der Waals surface area contributed by atoms with Crippen LogP contribution in [0.15, 0.2) is 0 Å². The predicted molar refractivity (Wildman–Crippen MR) is 7.13 cm³/mol. The van der Waals surface area contributed by atoms with Crippen molar-refractivity contribution < 1.29 is 52.4 Å². The molecule has 0 amide bonds. The summed E-state index contributed by atoms with van der Waals surface area (Å²) in [5, 5.41) is 0. The van der Waals surface area contributed by atoms with E-state index in [1.807, 2.05) is 0 Å². The quantitative estimate of drug-likeness (QED) is 0.545. The Morgan fingerprint density at radius 2 is 1.20 bits per heavy atom. The first-order chi connectivity index (χ1) is 1.41. The second-order valence-electron chi connectivity index (χ2n) is 0.0833. The average Bonchev–Trinajstić information content (AvgIpc) is 0.918. The van der Waals surface area contributed by atoms with Gasteiger partial charge in [-0.3, -0.25) is 8.92 Å². The van der Waals surface area contributed by atoms with E-state index in [1.165, 1.54) is 0 Å². The first-order valence-electron chi connectivity index (χ1n) is 0.408. The smallest absolute Gasteiger partial charge is 0.274 e. The summed E-state index contributed by atoms with van der Waals surface area (Å²) in [5.41, 5.74) is 0. The second kappa shape index (κ2) is 18.8. The first kappa shape index (κ1) is 16.3. The summed E-state index contributed by atoms with van der Waals surface area (Å²) in [6.07, 6.45) is 0. The van der Waals surface area contributed by atoms with E-state index >= 15 is 0 Å². The van der Waals surface area contributed by atoms with Crippen LogP contribution in [0.5, 0.6) is 0 Å². The molecule has 0 N–H and O–H groups in total. The molecule has 1 radical (unpaired) electrons. The van der Waals surface area contributed by atoms with Gasteiger partial charge in [0.15, 0.2) is 0 Å². The molecular formula is AgO2SiW. The van der Waals surface area contributed by atoms with Crippen LogP contribution in [0.25, 0.3) is 0 Å². The zero-order chi connectivity index (χ0) is 2.71. The van der Waals surface area contributed by atoms with Gasteiger partial charge in [0.25, 0.3) is 0 Å². The molecule has 0 heterocycles. The van der Waals surface area contributed by atoms with Gasteiger partial charge in [0, 0.05) is 43.4 Å².